The van der Waals surface area contributed by atoms with Crippen molar-refractivity contribution in [3.63, 3.8) is 0 Å². The van der Waals surface area contributed by atoms with Crippen LogP contribution in [-0.2, 0) is 4.79 Å². The summed E-state index contributed by atoms with van der Waals surface area (Å²) in [5.74, 6) is -0.242. The predicted molar refractivity (Wildman–Crippen MR) is 53.3 cm³/mol. The summed E-state index contributed by atoms with van der Waals surface area (Å²) in [7, 11) is 6.08. The number of aliphatic hydroxyl groups excluding tert-OH is 1. The van der Waals surface area contributed by atoms with Crippen molar-refractivity contribution in [1.82, 2.24) is 0 Å². The van der Waals surface area contributed by atoms with Crippen LogP contribution >= 0.6 is 0 Å². The molecular weight excluding hydrogens is 166 g/mol. The molecule has 0 aromatic heterocycles. The van der Waals surface area contributed by atoms with Crippen LogP contribution in [0.5, 0.6) is 0 Å². The summed E-state index contributed by atoms with van der Waals surface area (Å²) < 4.78 is 0.751. The van der Waals surface area contributed by atoms with Gasteiger partial charge in [-0.05, 0) is 12.5 Å². The molecule has 1 N–H and O–H groups in total. The van der Waals surface area contributed by atoms with Crippen molar-refractivity contribution >= 4 is 5.78 Å². The number of hydrogen-bond donors (Lipinski definition) is 1. The number of ketones is 1. The van der Waals surface area contributed by atoms with Crippen LogP contribution in [0.2, 0.25) is 0 Å². The van der Waals surface area contributed by atoms with E-state index in [0.29, 0.717) is 12.0 Å². The van der Waals surface area contributed by atoms with E-state index in [1.807, 2.05) is 21.1 Å². The van der Waals surface area contributed by atoms with Crippen LogP contribution in [0.4, 0.5) is 0 Å². The molecular formula is C10H20NO2+. The van der Waals surface area contributed by atoms with E-state index in [0.717, 1.165) is 11.0 Å². The van der Waals surface area contributed by atoms with Gasteiger partial charge in [-0.15, -0.1) is 0 Å². The molecule has 0 fully saturated rings. The fourth-order valence-corrected chi connectivity index (χ4v) is 0.925. The fourth-order valence-electron chi connectivity index (χ4n) is 0.925. The zero-order chi connectivity index (χ0) is 10.6. The van der Waals surface area contributed by atoms with Gasteiger partial charge in [-0.3, -0.25) is 4.79 Å². The third-order valence-electron chi connectivity index (χ3n) is 1.80. The topological polar surface area (TPSA) is 37.3 Å². The highest BCUT2D eigenvalue weighted by atomic mass is 16.3. The molecule has 1 unspecified atom stereocenters. The zero-order valence-electron chi connectivity index (χ0n) is 9.00. The molecule has 0 aromatic carbocycles. The second-order valence-corrected chi connectivity index (χ2v) is 4.46. The standard InChI is InChI=1S/C10H20NO2/c1-8(2)10(13)9(12)6-7-11(3,4)5/h9,12H,1,6-7H2,2-5H3/q+1. The lowest BCUT2D eigenvalue weighted by Crippen LogP contribution is -2.38. The van der Waals surface area contributed by atoms with E-state index in [9.17, 15) is 9.90 Å². The number of hydrogen-bond acceptors (Lipinski definition) is 2. The van der Waals surface area contributed by atoms with Crippen LogP contribution in [0.15, 0.2) is 12.2 Å². The van der Waals surface area contributed by atoms with Gasteiger partial charge in [0.15, 0.2) is 5.78 Å². The van der Waals surface area contributed by atoms with Crippen LogP contribution in [0, 0.1) is 0 Å². The highest BCUT2D eigenvalue weighted by Gasteiger charge is 2.18. The molecule has 0 bridgehead atoms. The number of nitrogens with zero attached hydrogens (tertiary/aromatic N) is 1. The molecule has 0 rings (SSSR count). The van der Waals surface area contributed by atoms with E-state index in [1.54, 1.807) is 6.92 Å². The quantitative estimate of drug-likeness (QED) is 0.504. The lowest BCUT2D eigenvalue weighted by atomic mass is 10.1. The molecule has 3 nitrogen and oxygen atoms in total. The normalized spacial score (nSPS) is 13.9. The molecule has 0 saturated carbocycles. The minimum Gasteiger partial charge on any atom is -0.385 e. The van der Waals surface area contributed by atoms with Gasteiger partial charge in [0.05, 0.1) is 27.7 Å². The summed E-state index contributed by atoms with van der Waals surface area (Å²) in [5, 5.41) is 9.43. The van der Waals surface area contributed by atoms with Gasteiger partial charge in [0, 0.05) is 6.42 Å². The first-order valence-corrected chi connectivity index (χ1v) is 4.42. The second kappa shape index (κ2) is 4.53. The first-order valence-electron chi connectivity index (χ1n) is 4.42. The van der Waals surface area contributed by atoms with Crippen LogP contribution in [-0.4, -0.2) is 49.2 Å². The molecule has 0 aliphatic carbocycles. The van der Waals surface area contributed by atoms with E-state index in [1.165, 1.54) is 0 Å². The molecule has 0 aliphatic heterocycles. The summed E-state index contributed by atoms with van der Waals surface area (Å²) in [6, 6.07) is 0. The maximum Gasteiger partial charge on any atom is 0.186 e. The van der Waals surface area contributed by atoms with Crippen molar-refractivity contribution in [3.8, 4) is 0 Å². The Kier molecular flexibility index (Phi) is 4.30. The van der Waals surface area contributed by atoms with Crippen LogP contribution in [0.3, 0.4) is 0 Å². The summed E-state index contributed by atoms with van der Waals surface area (Å²) in [6.07, 6.45) is -0.385. The van der Waals surface area contributed by atoms with Crippen molar-refractivity contribution < 1.29 is 14.4 Å². The minimum atomic E-state index is -0.880. The third-order valence-corrected chi connectivity index (χ3v) is 1.80. The smallest absolute Gasteiger partial charge is 0.186 e. The highest BCUT2D eigenvalue weighted by Crippen LogP contribution is 2.03. The van der Waals surface area contributed by atoms with Crippen molar-refractivity contribution in [2.75, 3.05) is 27.7 Å². The van der Waals surface area contributed by atoms with E-state index in [4.69, 9.17) is 0 Å². The Morgan fingerprint density at radius 1 is 1.46 bits per heavy atom. The average molecular weight is 186 g/mol. The molecule has 0 saturated heterocycles. The molecule has 3 heteroatoms. The van der Waals surface area contributed by atoms with Crippen molar-refractivity contribution in [3.05, 3.63) is 12.2 Å². The first-order chi connectivity index (χ1) is 5.74. The largest absolute Gasteiger partial charge is 0.385 e. The minimum absolute atomic E-state index is 0.242. The Labute approximate surface area is 80.3 Å². The number of Topliss-reactive ketones (excluding diaryl/α,β-unsaturated/α-hetero) is 1. The predicted octanol–water partition coefficient (Wildman–Crippen LogP) is 0.589. The molecule has 1 atom stereocenters. The van der Waals surface area contributed by atoms with E-state index >= 15 is 0 Å². The number of quaternary nitrogens is 1. The Morgan fingerprint density at radius 3 is 2.23 bits per heavy atom. The van der Waals surface area contributed by atoms with Crippen molar-refractivity contribution in [2.24, 2.45) is 0 Å². The maximum atomic E-state index is 11.2. The zero-order valence-corrected chi connectivity index (χ0v) is 9.00. The van der Waals surface area contributed by atoms with Crippen molar-refractivity contribution in [1.29, 1.82) is 0 Å². The number of aliphatic hydroxyl groups is 1. The molecule has 0 amide bonds. The van der Waals surface area contributed by atoms with Crippen LogP contribution in [0.25, 0.3) is 0 Å². The molecule has 0 heterocycles. The Hall–Kier alpha value is -0.670. The van der Waals surface area contributed by atoms with Gasteiger partial charge in [0.2, 0.25) is 0 Å². The van der Waals surface area contributed by atoms with Gasteiger partial charge in [0.1, 0.15) is 6.10 Å². The van der Waals surface area contributed by atoms with Crippen molar-refractivity contribution in [2.45, 2.75) is 19.4 Å². The maximum absolute atomic E-state index is 11.2. The van der Waals surface area contributed by atoms with Crippen LogP contribution < -0.4 is 0 Å². The first kappa shape index (κ1) is 12.3. The van der Waals surface area contributed by atoms with Gasteiger partial charge in [-0.25, -0.2) is 0 Å². The van der Waals surface area contributed by atoms with Gasteiger partial charge in [-0.2, -0.15) is 0 Å². The number of carbonyl (C=O) groups excluding carboxylic acids is 1. The number of rotatable bonds is 5. The van der Waals surface area contributed by atoms with Gasteiger partial charge < -0.3 is 9.59 Å². The lowest BCUT2D eigenvalue weighted by Gasteiger charge is -2.24. The van der Waals surface area contributed by atoms with E-state index < -0.39 is 6.10 Å². The molecule has 13 heavy (non-hydrogen) atoms. The molecule has 0 radical (unpaired) electrons. The molecule has 0 spiro atoms. The number of carbonyl (C=O) groups is 1. The van der Waals surface area contributed by atoms with Gasteiger partial charge >= 0.3 is 0 Å². The van der Waals surface area contributed by atoms with Crippen LogP contribution in [0.1, 0.15) is 13.3 Å². The average Bonchev–Trinajstić information content (AvgIpc) is 1.97. The summed E-state index contributed by atoms with van der Waals surface area (Å²) in [6.45, 7) is 5.91. The summed E-state index contributed by atoms with van der Waals surface area (Å²) in [4.78, 5) is 11.2. The van der Waals surface area contributed by atoms with E-state index in [-0.39, 0.29) is 5.78 Å². The fraction of sp³-hybridized carbons (Fsp3) is 0.700. The third kappa shape index (κ3) is 5.55. The molecule has 76 valence electrons. The summed E-state index contributed by atoms with van der Waals surface area (Å²) >= 11 is 0. The van der Waals surface area contributed by atoms with Gasteiger partial charge in [0.25, 0.3) is 0 Å². The van der Waals surface area contributed by atoms with Gasteiger partial charge in [-0.1, -0.05) is 6.58 Å². The lowest BCUT2D eigenvalue weighted by molar-refractivity contribution is -0.870. The monoisotopic (exact) mass is 186 g/mol. The Balaban J connectivity index is 3.95. The Bertz CT molecular complexity index is 203. The summed E-state index contributed by atoms with van der Waals surface area (Å²) in [5.41, 5.74) is 0.425. The molecule has 0 aromatic rings. The SMILES string of the molecule is C=C(C)C(=O)C(O)CC[N+](C)(C)C. The van der Waals surface area contributed by atoms with E-state index in [2.05, 4.69) is 6.58 Å². The highest BCUT2D eigenvalue weighted by molar-refractivity contribution is 5.97. The second-order valence-electron chi connectivity index (χ2n) is 4.46. The Morgan fingerprint density at radius 2 is 1.92 bits per heavy atom. The molecule has 0 aliphatic rings.